The number of hydrogen-bond acceptors (Lipinski definition) is 2. The van der Waals surface area contributed by atoms with E-state index in [4.69, 9.17) is 28.9 Å². The molecule has 0 aliphatic rings. The van der Waals surface area contributed by atoms with Gasteiger partial charge in [-0.2, -0.15) is 0 Å². The highest BCUT2D eigenvalue weighted by Crippen LogP contribution is 2.23. The van der Waals surface area contributed by atoms with E-state index in [9.17, 15) is 0 Å². The lowest BCUT2D eigenvalue weighted by Gasteiger charge is -2.21. The third-order valence-electron chi connectivity index (χ3n) is 3.21. The third kappa shape index (κ3) is 4.14. The largest absolute Gasteiger partial charge is 0.399 e. The van der Waals surface area contributed by atoms with Gasteiger partial charge >= 0.3 is 0 Å². The van der Waals surface area contributed by atoms with Crippen molar-refractivity contribution >= 4 is 28.9 Å². The van der Waals surface area contributed by atoms with Crippen molar-refractivity contribution in [2.45, 2.75) is 20.0 Å². The molecule has 0 amide bonds. The van der Waals surface area contributed by atoms with Crippen LogP contribution in [0.4, 0.5) is 5.69 Å². The van der Waals surface area contributed by atoms with E-state index < -0.39 is 0 Å². The van der Waals surface area contributed by atoms with Crippen molar-refractivity contribution in [3.63, 3.8) is 0 Å². The van der Waals surface area contributed by atoms with Gasteiger partial charge in [-0.25, -0.2) is 0 Å². The summed E-state index contributed by atoms with van der Waals surface area (Å²) in [6.07, 6.45) is 0. The Kier molecular flexibility index (Phi) is 5.30. The van der Waals surface area contributed by atoms with Gasteiger partial charge in [0.15, 0.2) is 0 Å². The molecule has 2 rings (SSSR count). The number of halogens is 2. The topological polar surface area (TPSA) is 29.3 Å². The van der Waals surface area contributed by atoms with Crippen LogP contribution in [0.3, 0.4) is 0 Å². The fourth-order valence-electron chi connectivity index (χ4n) is 2.12. The number of benzene rings is 2. The number of nitrogens with two attached hydrogens (primary N) is 1. The predicted molar refractivity (Wildman–Crippen MR) is 87.1 cm³/mol. The zero-order valence-electron chi connectivity index (χ0n) is 11.4. The maximum atomic E-state index is 6.23. The van der Waals surface area contributed by atoms with Crippen LogP contribution >= 0.6 is 23.2 Å². The number of rotatable bonds is 5. The molecule has 2 aromatic rings. The van der Waals surface area contributed by atoms with Gasteiger partial charge in [0.25, 0.3) is 0 Å². The van der Waals surface area contributed by atoms with Crippen LogP contribution in [-0.2, 0) is 13.1 Å². The third-order valence-corrected chi connectivity index (χ3v) is 3.80. The molecule has 0 bridgehead atoms. The molecule has 0 saturated carbocycles. The van der Waals surface area contributed by atoms with E-state index in [1.54, 1.807) is 6.07 Å². The molecule has 0 aliphatic heterocycles. The molecule has 0 fully saturated rings. The van der Waals surface area contributed by atoms with Crippen LogP contribution in [0.25, 0.3) is 0 Å². The predicted octanol–water partition coefficient (Wildman–Crippen LogP) is 4.60. The molecule has 2 nitrogen and oxygen atoms in total. The van der Waals surface area contributed by atoms with Crippen LogP contribution in [0.5, 0.6) is 0 Å². The average Bonchev–Trinajstić information content (AvgIpc) is 2.41. The van der Waals surface area contributed by atoms with E-state index in [0.29, 0.717) is 10.0 Å². The lowest BCUT2D eigenvalue weighted by Crippen LogP contribution is -2.22. The van der Waals surface area contributed by atoms with E-state index >= 15 is 0 Å². The highest BCUT2D eigenvalue weighted by atomic mass is 35.5. The Morgan fingerprint density at radius 3 is 2.50 bits per heavy atom. The molecular formula is C16H18Cl2N2. The fraction of sp³-hybridized carbons (Fsp3) is 0.250. The quantitative estimate of drug-likeness (QED) is 0.818. The Labute approximate surface area is 130 Å². The van der Waals surface area contributed by atoms with E-state index in [0.717, 1.165) is 30.9 Å². The van der Waals surface area contributed by atoms with Crippen molar-refractivity contribution in [3.05, 3.63) is 63.6 Å². The highest BCUT2D eigenvalue weighted by molar-refractivity contribution is 6.35. The van der Waals surface area contributed by atoms with E-state index in [1.165, 1.54) is 5.56 Å². The standard InChI is InChI=1S/C16H18Cl2N2/c1-2-20(10-12-4-3-5-15(19)8-12)11-13-6-7-14(17)9-16(13)18/h3-9H,2,10-11,19H2,1H3. The second-order valence-corrected chi connectivity index (χ2v) is 5.63. The summed E-state index contributed by atoms with van der Waals surface area (Å²) in [6, 6.07) is 13.6. The molecule has 106 valence electrons. The molecule has 0 heterocycles. The van der Waals surface area contributed by atoms with Crippen molar-refractivity contribution in [3.8, 4) is 0 Å². The summed E-state index contributed by atoms with van der Waals surface area (Å²) in [6.45, 7) is 4.71. The second-order valence-electron chi connectivity index (χ2n) is 4.78. The second kappa shape index (κ2) is 6.98. The zero-order chi connectivity index (χ0) is 14.5. The van der Waals surface area contributed by atoms with Gasteiger partial charge in [0, 0.05) is 28.8 Å². The first-order chi connectivity index (χ1) is 9.58. The lowest BCUT2D eigenvalue weighted by atomic mass is 10.1. The number of nitrogen functional groups attached to an aromatic ring is 1. The summed E-state index contributed by atoms with van der Waals surface area (Å²) in [5.74, 6) is 0. The lowest BCUT2D eigenvalue weighted by molar-refractivity contribution is 0.271. The Morgan fingerprint density at radius 1 is 1.05 bits per heavy atom. The van der Waals surface area contributed by atoms with Crippen LogP contribution in [-0.4, -0.2) is 11.4 Å². The van der Waals surface area contributed by atoms with Crippen LogP contribution in [0.1, 0.15) is 18.1 Å². The normalized spacial score (nSPS) is 11.0. The SMILES string of the molecule is CCN(Cc1cccc(N)c1)Cc1ccc(Cl)cc1Cl. The Balaban J connectivity index is 2.09. The van der Waals surface area contributed by atoms with Crippen LogP contribution in [0, 0.1) is 0 Å². The first-order valence-corrected chi connectivity index (χ1v) is 7.34. The van der Waals surface area contributed by atoms with Gasteiger partial charge in [-0.15, -0.1) is 0 Å². The molecule has 20 heavy (non-hydrogen) atoms. The Morgan fingerprint density at radius 2 is 1.85 bits per heavy atom. The Bertz CT molecular complexity index is 584. The van der Waals surface area contributed by atoms with E-state index in [-0.39, 0.29) is 0 Å². The van der Waals surface area contributed by atoms with E-state index in [1.807, 2.05) is 30.3 Å². The van der Waals surface area contributed by atoms with Gasteiger partial charge in [-0.05, 0) is 41.9 Å². The van der Waals surface area contributed by atoms with Gasteiger partial charge in [0.1, 0.15) is 0 Å². The zero-order valence-corrected chi connectivity index (χ0v) is 13.0. The molecule has 2 N–H and O–H groups in total. The van der Waals surface area contributed by atoms with Crippen molar-refractivity contribution in [1.82, 2.24) is 4.90 Å². The van der Waals surface area contributed by atoms with Crippen LogP contribution in [0.2, 0.25) is 10.0 Å². The molecular weight excluding hydrogens is 291 g/mol. The summed E-state index contributed by atoms with van der Waals surface area (Å²) in [7, 11) is 0. The van der Waals surface area contributed by atoms with Crippen molar-refractivity contribution in [2.24, 2.45) is 0 Å². The van der Waals surface area contributed by atoms with Gasteiger partial charge in [0.05, 0.1) is 0 Å². The molecule has 4 heteroatoms. The molecule has 0 unspecified atom stereocenters. The van der Waals surface area contributed by atoms with Crippen LogP contribution < -0.4 is 5.73 Å². The maximum absolute atomic E-state index is 6.23. The summed E-state index contributed by atoms with van der Waals surface area (Å²) in [5.41, 5.74) is 8.90. The van der Waals surface area contributed by atoms with Gasteiger partial charge in [-0.3, -0.25) is 4.90 Å². The van der Waals surface area contributed by atoms with Crippen LogP contribution in [0.15, 0.2) is 42.5 Å². The molecule has 0 spiro atoms. The van der Waals surface area contributed by atoms with Gasteiger partial charge < -0.3 is 5.73 Å². The minimum absolute atomic E-state index is 0.664. The molecule has 0 aromatic heterocycles. The van der Waals surface area contributed by atoms with E-state index in [2.05, 4.69) is 17.9 Å². The molecule has 0 radical (unpaired) electrons. The molecule has 0 saturated heterocycles. The van der Waals surface area contributed by atoms with Crippen molar-refractivity contribution < 1.29 is 0 Å². The minimum atomic E-state index is 0.664. The summed E-state index contributed by atoms with van der Waals surface area (Å²) >= 11 is 12.2. The Hall–Kier alpha value is -1.22. The molecule has 0 aliphatic carbocycles. The van der Waals surface area contributed by atoms with Crippen molar-refractivity contribution in [1.29, 1.82) is 0 Å². The smallest absolute Gasteiger partial charge is 0.0465 e. The monoisotopic (exact) mass is 308 g/mol. The molecule has 0 atom stereocenters. The molecule has 2 aromatic carbocycles. The minimum Gasteiger partial charge on any atom is -0.399 e. The first-order valence-electron chi connectivity index (χ1n) is 6.59. The maximum Gasteiger partial charge on any atom is 0.0465 e. The summed E-state index contributed by atoms with van der Waals surface area (Å²) in [5, 5.41) is 1.38. The fourth-order valence-corrected chi connectivity index (χ4v) is 2.59. The number of nitrogens with zero attached hydrogens (tertiary/aromatic N) is 1. The summed E-state index contributed by atoms with van der Waals surface area (Å²) in [4.78, 5) is 2.31. The van der Waals surface area contributed by atoms with Crippen molar-refractivity contribution in [2.75, 3.05) is 12.3 Å². The summed E-state index contributed by atoms with van der Waals surface area (Å²) < 4.78 is 0. The first kappa shape index (κ1) is 15.2. The average molecular weight is 309 g/mol. The number of hydrogen-bond donors (Lipinski definition) is 1. The van der Waals surface area contributed by atoms with Gasteiger partial charge in [-0.1, -0.05) is 48.3 Å². The number of anilines is 1. The highest BCUT2D eigenvalue weighted by Gasteiger charge is 2.08. The van der Waals surface area contributed by atoms with Gasteiger partial charge in [0.2, 0.25) is 0 Å².